The van der Waals surface area contributed by atoms with Crippen molar-refractivity contribution in [1.82, 2.24) is 5.32 Å². The van der Waals surface area contributed by atoms with Crippen LogP contribution in [0.3, 0.4) is 0 Å². The van der Waals surface area contributed by atoms with Crippen LogP contribution in [0.1, 0.15) is 155 Å². The minimum Gasteiger partial charge on any atom is -0.394 e. The number of unbranched alkanes of at least 4 members (excludes halogenated alkanes) is 19. The van der Waals surface area contributed by atoms with E-state index in [2.05, 4.69) is 19.2 Å². The van der Waals surface area contributed by atoms with Crippen LogP contribution in [-0.2, 0) is 33.2 Å². The summed E-state index contributed by atoms with van der Waals surface area (Å²) in [6.07, 6.45) is 0.944. The van der Waals surface area contributed by atoms with Gasteiger partial charge in [0, 0.05) is 6.42 Å². The maximum atomic E-state index is 13.1. The van der Waals surface area contributed by atoms with E-state index in [1.54, 1.807) is 6.08 Å². The number of hydrogen-bond donors (Lipinski definition) is 12. The molecule has 17 atom stereocenters. The van der Waals surface area contributed by atoms with Crippen LogP contribution < -0.4 is 5.32 Å². The Morgan fingerprint density at radius 3 is 1.40 bits per heavy atom. The number of carbonyl (C=O) groups is 1. The largest absolute Gasteiger partial charge is 0.394 e. The van der Waals surface area contributed by atoms with Crippen LogP contribution in [0.25, 0.3) is 0 Å². The number of carbonyl (C=O) groups excluding carboxylic acids is 1. The first kappa shape index (κ1) is 59.8. The molecule has 0 radical (unpaired) electrons. The molecule has 12 N–H and O–H groups in total. The summed E-state index contributed by atoms with van der Waals surface area (Å²) >= 11 is 0. The molecule has 0 spiro atoms. The molecule has 19 nitrogen and oxygen atoms in total. The van der Waals surface area contributed by atoms with E-state index in [1.165, 1.54) is 83.5 Å². The summed E-state index contributed by atoms with van der Waals surface area (Å²) in [7, 11) is 0. The number of ether oxygens (including phenoxy) is 6. The predicted octanol–water partition coefficient (Wildman–Crippen LogP) is 1.48. The van der Waals surface area contributed by atoms with Crippen molar-refractivity contribution < 1.29 is 89.4 Å². The van der Waals surface area contributed by atoms with Crippen molar-refractivity contribution in [3.8, 4) is 0 Å². The molecule has 1 amide bonds. The highest BCUT2D eigenvalue weighted by Crippen LogP contribution is 2.33. The average molecular weight is 968 g/mol. The average Bonchev–Trinajstić information content (AvgIpc) is 3.32. The van der Waals surface area contributed by atoms with E-state index in [4.69, 9.17) is 28.4 Å². The smallest absolute Gasteiger partial charge is 0.220 e. The molecule has 3 heterocycles. The highest BCUT2D eigenvalue weighted by molar-refractivity contribution is 5.76. The molecule has 3 aliphatic rings. The lowest BCUT2D eigenvalue weighted by Crippen LogP contribution is -2.66. The summed E-state index contributed by atoms with van der Waals surface area (Å²) in [6, 6.07) is -0.963. The van der Waals surface area contributed by atoms with Crippen LogP contribution >= 0.6 is 0 Å². The number of amides is 1. The first-order chi connectivity index (χ1) is 32.3. The predicted molar refractivity (Wildman–Crippen MR) is 245 cm³/mol. The Kier molecular flexibility index (Phi) is 30.4. The first-order valence-electron chi connectivity index (χ1n) is 25.4. The maximum absolute atomic E-state index is 13.1. The molecule has 3 fully saturated rings. The van der Waals surface area contributed by atoms with E-state index in [9.17, 15) is 61.0 Å². The molecule has 3 aliphatic heterocycles. The molecule has 0 saturated carbocycles. The number of allylic oxidation sites excluding steroid dienone is 1. The Hall–Kier alpha value is -1.47. The van der Waals surface area contributed by atoms with E-state index in [0.29, 0.717) is 6.42 Å². The van der Waals surface area contributed by atoms with E-state index < -0.39 is 124 Å². The van der Waals surface area contributed by atoms with Gasteiger partial charge in [-0.25, -0.2) is 0 Å². The summed E-state index contributed by atoms with van der Waals surface area (Å²) < 4.78 is 34.0. The number of rotatable bonds is 35. The van der Waals surface area contributed by atoms with E-state index in [-0.39, 0.29) is 18.9 Å². The minimum atomic E-state index is -1.97. The molecule has 0 aromatic heterocycles. The van der Waals surface area contributed by atoms with Gasteiger partial charge in [0.25, 0.3) is 0 Å². The van der Waals surface area contributed by atoms with Gasteiger partial charge in [0.2, 0.25) is 5.91 Å². The zero-order valence-corrected chi connectivity index (χ0v) is 40.1. The van der Waals surface area contributed by atoms with Crippen molar-refractivity contribution in [2.75, 3.05) is 26.4 Å². The van der Waals surface area contributed by atoms with Crippen molar-refractivity contribution in [3.63, 3.8) is 0 Å². The quantitative estimate of drug-likeness (QED) is 0.0316. The summed E-state index contributed by atoms with van der Waals surface area (Å²) in [4.78, 5) is 13.1. The number of aliphatic hydroxyl groups excluding tert-OH is 11. The first-order valence-corrected chi connectivity index (χ1v) is 25.4. The molecular weight excluding hydrogens is 879 g/mol. The SMILES string of the molecule is CCCCCCCCCCCCCC/C=C/C(O)C(COC1OC(CO)C(OC2OC(CO)C(OC3OC(CO)C(O)C(O)C3O)C(O)C2O)C(O)C1O)NC(=O)CCCCCCCCCC. The van der Waals surface area contributed by atoms with Crippen molar-refractivity contribution in [3.05, 3.63) is 12.2 Å². The number of nitrogens with one attached hydrogen (secondary N) is 1. The molecule has 3 rings (SSSR count). The van der Waals surface area contributed by atoms with Crippen LogP contribution in [0.2, 0.25) is 0 Å². The fraction of sp³-hybridized carbons (Fsp3) is 0.938. The van der Waals surface area contributed by atoms with Crippen molar-refractivity contribution in [2.24, 2.45) is 0 Å². The highest BCUT2D eigenvalue weighted by atomic mass is 16.8. The molecule has 19 heteroatoms. The van der Waals surface area contributed by atoms with Gasteiger partial charge in [-0.05, 0) is 19.3 Å². The molecule has 3 saturated heterocycles. The second kappa shape index (κ2) is 34.0. The van der Waals surface area contributed by atoms with Gasteiger partial charge in [-0.2, -0.15) is 0 Å². The van der Waals surface area contributed by atoms with Crippen LogP contribution in [-0.4, -0.2) is 193 Å². The zero-order valence-electron chi connectivity index (χ0n) is 40.1. The van der Waals surface area contributed by atoms with Gasteiger partial charge in [-0.3, -0.25) is 4.79 Å². The third-order valence-electron chi connectivity index (χ3n) is 13.1. The van der Waals surface area contributed by atoms with Gasteiger partial charge in [-0.15, -0.1) is 0 Å². The van der Waals surface area contributed by atoms with E-state index in [0.717, 1.165) is 44.9 Å². The molecule has 0 aromatic carbocycles. The summed E-state index contributed by atoms with van der Waals surface area (Å²) in [5.41, 5.74) is 0. The molecular formula is C48H89NO18. The Bertz CT molecular complexity index is 1300. The molecule has 0 aromatic rings. The number of aliphatic hydroxyl groups is 11. The standard InChI is InChI=1S/C48H89NO18/c1-3-5-7-9-11-13-14-15-16-17-18-19-21-23-25-32(53)31(49-36(54)26-24-22-20-12-10-8-6-4-2)30-62-46-42(60)39(57)44(34(28-51)64-46)67-48-43(61)40(58)45(35(29-52)65-48)66-47-41(59)38(56)37(55)33(27-50)63-47/h23,25,31-35,37-48,50-53,55-61H,3-22,24,26-30H2,1-2H3,(H,49,54)/b25-23+. The molecule has 0 bridgehead atoms. The minimum absolute atomic E-state index is 0.245. The lowest BCUT2D eigenvalue weighted by Gasteiger charge is -2.48. The van der Waals surface area contributed by atoms with Gasteiger partial charge in [0.05, 0.1) is 38.6 Å². The molecule has 394 valence electrons. The lowest BCUT2D eigenvalue weighted by molar-refractivity contribution is -0.379. The zero-order chi connectivity index (χ0) is 49.1. The lowest BCUT2D eigenvalue weighted by atomic mass is 9.96. The fourth-order valence-electron chi connectivity index (χ4n) is 8.78. The number of hydrogen-bond acceptors (Lipinski definition) is 18. The van der Waals surface area contributed by atoms with Gasteiger partial charge >= 0.3 is 0 Å². The van der Waals surface area contributed by atoms with Gasteiger partial charge in [0.15, 0.2) is 18.9 Å². The maximum Gasteiger partial charge on any atom is 0.220 e. The van der Waals surface area contributed by atoms with Gasteiger partial charge in [0.1, 0.15) is 73.2 Å². The van der Waals surface area contributed by atoms with E-state index in [1.807, 2.05) is 6.08 Å². The third kappa shape index (κ3) is 20.3. The van der Waals surface area contributed by atoms with Crippen LogP contribution in [0.4, 0.5) is 0 Å². The summed E-state index contributed by atoms with van der Waals surface area (Å²) in [6.45, 7) is 1.64. The van der Waals surface area contributed by atoms with Crippen molar-refractivity contribution in [2.45, 2.75) is 259 Å². The highest BCUT2D eigenvalue weighted by Gasteiger charge is 2.53. The molecule has 17 unspecified atom stereocenters. The van der Waals surface area contributed by atoms with Crippen LogP contribution in [0, 0.1) is 0 Å². The second-order valence-corrected chi connectivity index (χ2v) is 18.6. The van der Waals surface area contributed by atoms with Gasteiger partial charge in [-0.1, -0.05) is 142 Å². The fourth-order valence-corrected chi connectivity index (χ4v) is 8.78. The normalized spacial score (nSPS) is 33.5. The Morgan fingerprint density at radius 2 is 0.925 bits per heavy atom. The van der Waals surface area contributed by atoms with Crippen molar-refractivity contribution in [1.29, 1.82) is 0 Å². The third-order valence-corrected chi connectivity index (χ3v) is 13.1. The molecule has 0 aliphatic carbocycles. The van der Waals surface area contributed by atoms with Gasteiger partial charge < -0.3 is 89.9 Å². The van der Waals surface area contributed by atoms with Crippen molar-refractivity contribution >= 4 is 5.91 Å². The monoisotopic (exact) mass is 968 g/mol. The van der Waals surface area contributed by atoms with Crippen LogP contribution in [0.5, 0.6) is 0 Å². The molecule has 67 heavy (non-hydrogen) atoms. The summed E-state index contributed by atoms with van der Waals surface area (Å²) in [5, 5.41) is 119. The topological polar surface area (TPSA) is 307 Å². The van der Waals surface area contributed by atoms with Crippen LogP contribution in [0.15, 0.2) is 12.2 Å². The van der Waals surface area contributed by atoms with E-state index >= 15 is 0 Å². The Morgan fingerprint density at radius 1 is 0.522 bits per heavy atom. The Balaban J connectivity index is 1.57. The summed E-state index contributed by atoms with van der Waals surface area (Å²) in [5.74, 6) is -0.282. The Labute approximate surface area is 397 Å². The second-order valence-electron chi connectivity index (χ2n) is 18.6.